The van der Waals surface area contributed by atoms with Crippen LogP contribution in [0.15, 0.2) is 0 Å². The molecule has 0 bridgehead atoms. The molecule has 21 heavy (non-hydrogen) atoms. The number of amides is 1. The molecule has 3 rings (SSSR count). The second kappa shape index (κ2) is 5.23. The molecular formula is C15H26N2O3S. The Kier molecular flexibility index (Phi) is 3.81. The number of nitrogens with two attached hydrogens (primary N) is 1. The molecular weight excluding hydrogens is 288 g/mol. The summed E-state index contributed by atoms with van der Waals surface area (Å²) in [5, 5.41) is 2.94. The van der Waals surface area contributed by atoms with Crippen LogP contribution in [0.5, 0.6) is 0 Å². The molecule has 2 unspecified atom stereocenters. The van der Waals surface area contributed by atoms with Crippen LogP contribution in [0.2, 0.25) is 0 Å². The summed E-state index contributed by atoms with van der Waals surface area (Å²) in [5.41, 5.74) is 6.29. The molecule has 5 nitrogen and oxygen atoms in total. The van der Waals surface area contributed by atoms with Gasteiger partial charge in [0.05, 0.1) is 5.25 Å². The lowest BCUT2D eigenvalue weighted by Crippen LogP contribution is -2.70. The van der Waals surface area contributed by atoms with Crippen molar-refractivity contribution in [2.24, 2.45) is 17.1 Å². The molecule has 6 heteroatoms. The number of sulfone groups is 1. The largest absolute Gasteiger partial charge is 0.352 e. The highest BCUT2D eigenvalue weighted by atomic mass is 32.2. The fourth-order valence-corrected chi connectivity index (χ4v) is 5.50. The summed E-state index contributed by atoms with van der Waals surface area (Å²) >= 11 is 0. The van der Waals surface area contributed by atoms with Crippen LogP contribution in [0, 0.1) is 11.3 Å². The van der Waals surface area contributed by atoms with Crippen LogP contribution in [0.4, 0.5) is 0 Å². The third-order valence-electron chi connectivity index (χ3n) is 6.17. The minimum atomic E-state index is -2.96. The maximum Gasteiger partial charge on any atom is 0.223 e. The van der Waals surface area contributed by atoms with E-state index in [0.29, 0.717) is 25.7 Å². The standard InChI is InChI=1S/C15H26N2O3S/c1-21(19,20)11-5-3-10(4-6-11)14(18)17-13-9-12(16)15(13)7-2-8-15/h10-13H,2-9,16H2,1H3,(H,17,18). The number of carbonyl (C=O) groups excluding carboxylic acids is 1. The Labute approximate surface area is 127 Å². The Bertz CT molecular complexity index is 519. The first kappa shape index (κ1) is 15.3. The second-order valence-corrected chi connectivity index (χ2v) is 9.62. The maximum absolute atomic E-state index is 12.4. The number of hydrogen-bond donors (Lipinski definition) is 2. The maximum atomic E-state index is 12.4. The molecule has 0 aromatic carbocycles. The Morgan fingerprint density at radius 2 is 1.81 bits per heavy atom. The molecule has 0 aromatic rings. The van der Waals surface area contributed by atoms with E-state index >= 15 is 0 Å². The van der Waals surface area contributed by atoms with E-state index in [1.165, 1.54) is 12.7 Å². The van der Waals surface area contributed by atoms with Gasteiger partial charge in [-0.2, -0.15) is 0 Å². The summed E-state index contributed by atoms with van der Waals surface area (Å²) in [6, 6.07) is 0.499. The van der Waals surface area contributed by atoms with Gasteiger partial charge in [-0.1, -0.05) is 6.42 Å². The fraction of sp³-hybridized carbons (Fsp3) is 0.933. The van der Waals surface area contributed by atoms with Gasteiger partial charge < -0.3 is 11.1 Å². The van der Waals surface area contributed by atoms with E-state index in [-0.39, 0.29) is 34.6 Å². The van der Waals surface area contributed by atoms with Crippen molar-refractivity contribution in [2.45, 2.75) is 68.7 Å². The van der Waals surface area contributed by atoms with E-state index in [2.05, 4.69) is 5.32 Å². The zero-order valence-electron chi connectivity index (χ0n) is 12.7. The molecule has 3 saturated carbocycles. The minimum absolute atomic E-state index is 0.0167. The SMILES string of the molecule is CS(=O)(=O)C1CCC(C(=O)NC2CC(N)C23CCC3)CC1. The lowest BCUT2D eigenvalue weighted by atomic mass is 9.50. The molecule has 3 fully saturated rings. The van der Waals surface area contributed by atoms with Crippen LogP contribution >= 0.6 is 0 Å². The lowest BCUT2D eigenvalue weighted by Gasteiger charge is -2.60. The summed E-state index contributed by atoms with van der Waals surface area (Å²) in [6.07, 6.45) is 8.31. The minimum Gasteiger partial charge on any atom is -0.352 e. The van der Waals surface area contributed by atoms with Crippen molar-refractivity contribution in [1.82, 2.24) is 5.32 Å². The predicted molar refractivity (Wildman–Crippen MR) is 81.4 cm³/mol. The number of hydrogen-bond acceptors (Lipinski definition) is 4. The van der Waals surface area contributed by atoms with E-state index in [1.807, 2.05) is 0 Å². The van der Waals surface area contributed by atoms with Crippen LogP contribution < -0.4 is 11.1 Å². The number of rotatable bonds is 3. The summed E-state index contributed by atoms with van der Waals surface area (Å²) in [6.45, 7) is 0. The van der Waals surface area contributed by atoms with Gasteiger partial charge in [0.2, 0.25) is 5.91 Å². The smallest absolute Gasteiger partial charge is 0.223 e. The van der Waals surface area contributed by atoms with Gasteiger partial charge in [-0.25, -0.2) is 8.42 Å². The van der Waals surface area contributed by atoms with E-state index in [0.717, 1.165) is 19.3 Å². The zero-order valence-corrected chi connectivity index (χ0v) is 13.5. The molecule has 3 aliphatic rings. The molecule has 0 radical (unpaired) electrons. The average molecular weight is 314 g/mol. The Balaban J connectivity index is 1.51. The summed E-state index contributed by atoms with van der Waals surface area (Å²) in [4.78, 5) is 12.4. The summed E-state index contributed by atoms with van der Waals surface area (Å²) in [5.74, 6) is 0.0991. The molecule has 2 atom stereocenters. The highest BCUT2D eigenvalue weighted by Gasteiger charge is 2.57. The van der Waals surface area contributed by atoms with Crippen molar-refractivity contribution in [3.8, 4) is 0 Å². The normalized spacial score (nSPS) is 38.4. The molecule has 0 heterocycles. The number of carbonyl (C=O) groups is 1. The van der Waals surface area contributed by atoms with Crippen LogP contribution in [-0.4, -0.2) is 37.9 Å². The first-order valence-corrected chi connectivity index (χ1v) is 10.0. The Hall–Kier alpha value is -0.620. The molecule has 3 N–H and O–H groups in total. The molecule has 1 amide bonds. The van der Waals surface area contributed by atoms with Gasteiger partial charge in [0.1, 0.15) is 9.84 Å². The number of nitrogens with one attached hydrogen (secondary N) is 1. The van der Waals surface area contributed by atoms with Gasteiger partial charge in [-0.15, -0.1) is 0 Å². The molecule has 0 saturated heterocycles. The third kappa shape index (κ3) is 2.61. The fourth-order valence-electron chi connectivity index (χ4n) is 4.37. The van der Waals surface area contributed by atoms with Crippen molar-refractivity contribution in [3.05, 3.63) is 0 Å². The van der Waals surface area contributed by atoms with Crippen LogP contribution in [-0.2, 0) is 14.6 Å². The van der Waals surface area contributed by atoms with Gasteiger partial charge in [-0.3, -0.25) is 4.79 Å². The second-order valence-electron chi connectivity index (χ2n) is 7.29. The molecule has 0 aliphatic heterocycles. The van der Waals surface area contributed by atoms with Gasteiger partial charge in [0.25, 0.3) is 0 Å². The van der Waals surface area contributed by atoms with Crippen molar-refractivity contribution >= 4 is 15.7 Å². The van der Waals surface area contributed by atoms with E-state index in [4.69, 9.17) is 5.73 Å². The molecule has 3 aliphatic carbocycles. The van der Waals surface area contributed by atoms with Gasteiger partial charge >= 0.3 is 0 Å². The quantitative estimate of drug-likeness (QED) is 0.812. The predicted octanol–water partition coefficient (Wildman–Crippen LogP) is 0.976. The first-order chi connectivity index (χ1) is 9.83. The van der Waals surface area contributed by atoms with Crippen LogP contribution in [0.25, 0.3) is 0 Å². The van der Waals surface area contributed by atoms with Crippen molar-refractivity contribution in [2.75, 3.05) is 6.26 Å². The molecule has 120 valence electrons. The Morgan fingerprint density at radius 3 is 2.24 bits per heavy atom. The van der Waals surface area contributed by atoms with E-state index < -0.39 is 9.84 Å². The monoisotopic (exact) mass is 314 g/mol. The van der Waals surface area contributed by atoms with Gasteiger partial charge in [0, 0.05) is 29.7 Å². The Morgan fingerprint density at radius 1 is 1.19 bits per heavy atom. The van der Waals surface area contributed by atoms with Crippen LogP contribution in [0.3, 0.4) is 0 Å². The highest BCUT2D eigenvalue weighted by Crippen LogP contribution is 2.55. The van der Waals surface area contributed by atoms with Crippen molar-refractivity contribution < 1.29 is 13.2 Å². The summed E-state index contributed by atoms with van der Waals surface area (Å²) in [7, 11) is -2.96. The van der Waals surface area contributed by atoms with Gasteiger partial charge in [-0.05, 0) is 44.9 Å². The average Bonchev–Trinajstić information content (AvgIpc) is 2.35. The van der Waals surface area contributed by atoms with Gasteiger partial charge in [0.15, 0.2) is 0 Å². The van der Waals surface area contributed by atoms with E-state index in [1.54, 1.807) is 0 Å². The van der Waals surface area contributed by atoms with Crippen molar-refractivity contribution in [3.63, 3.8) is 0 Å². The molecule has 1 spiro atoms. The third-order valence-corrected chi connectivity index (χ3v) is 7.86. The van der Waals surface area contributed by atoms with E-state index in [9.17, 15) is 13.2 Å². The molecule has 0 aromatic heterocycles. The first-order valence-electron chi connectivity index (χ1n) is 8.08. The zero-order chi connectivity index (χ0) is 15.3. The lowest BCUT2D eigenvalue weighted by molar-refractivity contribution is -0.132. The highest BCUT2D eigenvalue weighted by molar-refractivity contribution is 7.91. The summed E-state index contributed by atoms with van der Waals surface area (Å²) < 4.78 is 23.1. The van der Waals surface area contributed by atoms with Crippen LogP contribution in [0.1, 0.15) is 51.4 Å². The van der Waals surface area contributed by atoms with Crippen molar-refractivity contribution in [1.29, 1.82) is 0 Å². The topological polar surface area (TPSA) is 89.3 Å².